The van der Waals surface area contributed by atoms with Crippen molar-refractivity contribution in [3.63, 3.8) is 0 Å². The van der Waals surface area contributed by atoms with Crippen molar-refractivity contribution in [2.24, 2.45) is 5.73 Å². The molecule has 0 fully saturated rings. The Bertz CT molecular complexity index is 478. The highest BCUT2D eigenvalue weighted by Gasteiger charge is 2.26. The van der Waals surface area contributed by atoms with E-state index in [9.17, 15) is 13.6 Å². The number of nitrogens with two attached hydrogens (primary N) is 1. The van der Waals surface area contributed by atoms with Crippen molar-refractivity contribution in [1.29, 1.82) is 0 Å². The third-order valence-corrected chi connectivity index (χ3v) is 2.58. The summed E-state index contributed by atoms with van der Waals surface area (Å²) in [6.45, 7) is 0.544. The molecule has 1 aromatic carbocycles. The van der Waals surface area contributed by atoms with Gasteiger partial charge in [-0.05, 0) is 17.7 Å². The van der Waals surface area contributed by atoms with Crippen molar-refractivity contribution in [2.75, 3.05) is 13.2 Å². The van der Waals surface area contributed by atoms with Crippen LogP contribution in [0.15, 0.2) is 12.1 Å². The molecule has 1 aliphatic rings. The fourth-order valence-corrected chi connectivity index (χ4v) is 1.71. The molecule has 18 heavy (non-hydrogen) atoms. The van der Waals surface area contributed by atoms with Gasteiger partial charge >= 0.3 is 5.97 Å². The van der Waals surface area contributed by atoms with Crippen LogP contribution in [0, 0.1) is 0 Å². The molecule has 5 nitrogen and oxygen atoms in total. The molecular formula is C11H11F2NO4. The van der Waals surface area contributed by atoms with Crippen molar-refractivity contribution in [3.8, 4) is 11.5 Å². The van der Waals surface area contributed by atoms with Crippen LogP contribution in [-0.2, 0) is 4.79 Å². The largest absolute Gasteiger partial charge is 0.486 e. The van der Waals surface area contributed by atoms with E-state index in [1.165, 1.54) is 6.07 Å². The predicted octanol–water partition coefficient (Wildman–Crippen LogP) is 1.48. The minimum absolute atomic E-state index is 0.165. The van der Waals surface area contributed by atoms with Gasteiger partial charge < -0.3 is 20.3 Å². The number of carboxylic acid groups (broad SMARTS) is 1. The minimum Gasteiger partial charge on any atom is -0.486 e. The van der Waals surface area contributed by atoms with E-state index in [2.05, 4.69) is 0 Å². The summed E-state index contributed by atoms with van der Waals surface area (Å²) in [6, 6.07) is 0.760. The Hall–Kier alpha value is -1.89. The fraction of sp³-hybridized carbons (Fsp3) is 0.364. The zero-order chi connectivity index (χ0) is 13.3. The summed E-state index contributed by atoms with van der Waals surface area (Å²) in [5.41, 5.74) is 4.77. The number of halogens is 2. The maximum Gasteiger partial charge on any atom is 0.325 e. The van der Waals surface area contributed by atoms with Gasteiger partial charge in [-0.3, -0.25) is 4.79 Å². The van der Waals surface area contributed by atoms with Crippen LogP contribution in [0.25, 0.3) is 0 Å². The van der Waals surface area contributed by atoms with Gasteiger partial charge in [-0.2, -0.15) is 0 Å². The van der Waals surface area contributed by atoms with E-state index in [4.69, 9.17) is 20.3 Å². The lowest BCUT2D eigenvalue weighted by Gasteiger charge is -2.22. The molecule has 2 rings (SSSR count). The molecule has 1 atom stereocenters. The van der Waals surface area contributed by atoms with Gasteiger partial charge in [0.15, 0.2) is 11.5 Å². The first-order valence-corrected chi connectivity index (χ1v) is 5.20. The number of ether oxygens (including phenoxy) is 2. The van der Waals surface area contributed by atoms with Crippen LogP contribution >= 0.6 is 0 Å². The van der Waals surface area contributed by atoms with E-state index >= 15 is 0 Å². The van der Waals surface area contributed by atoms with E-state index in [0.717, 1.165) is 6.07 Å². The molecule has 0 saturated heterocycles. The Balaban J connectivity index is 2.52. The zero-order valence-electron chi connectivity index (χ0n) is 9.23. The molecule has 0 amide bonds. The first-order valence-electron chi connectivity index (χ1n) is 5.20. The van der Waals surface area contributed by atoms with Crippen LogP contribution in [0.4, 0.5) is 8.78 Å². The van der Waals surface area contributed by atoms with E-state index < -0.39 is 24.0 Å². The molecule has 0 radical (unpaired) electrons. The lowest BCUT2D eigenvalue weighted by Crippen LogP contribution is -2.23. The summed E-state index contributed by atoms with van der Waals surface area (Å²) in [5, 5.41) is 8.80. The second kappa shape index (κ2) is 4.77. The second-order valence-electron chi connectivity index (χ2n) is 3.74. The summed E-state index contributed by atoms with van der Waals surface area (Å²) >= 11 is 0. The van der Waals surface area contributed by atoms with Crippen LogP contribution in [0.3, 0.4) is 0 Å². The lowest BCUT2D eigenvalue weighted by molar-refractivity contribution is -0.138. The molecule has 3 N–H and O–H groups in total. The Morgan fingerprint density at radius 3 is 2.17 bits per heavy atom. The molecule has 0 aromatic heterocycles. The highest BCUT2D eigenvalue weighted by molar-refractivity contribution is 5.76. The summed E-state index contributed by atoms with van der Waals surface area (Å²) in [7, 11) is 0. The quantitative estimate of drug-likeness (QED) is 0.859. The van der Waals surface area contributed by atoms with Crippen molar-refractivity contribution in [2.45, 2.75) is 12.5 Å². The average molecular weight is 259 g/mol. The van der Waals surface area contributed by atoms with Crippen molar-refractivity contribution >= 4 is 5.97 Å². The molecule has 98 valence electrons. The molecule has 0 aliphatic carbocycles. The molecule has 1 aromatic rings. The number of carboxylic acids is 1. The van der Waals surface area contributed by atoms with Gasteiger partial charge in [0, 0.05) is 5.56 Å². The Kier molecular flexibility index (Phi) is 3.33. The van der Waals surface area contributed by atoms with Crippen LogP contribution in [0.1, 0.15) is 23.6 Å². The standard InChI is InChI=1S/C11H11F2NO4/c12-10(13)6-4-8-7(17-1-2-18-8)3-5(6)9(14)11(15)16/h3-4,9-10H,1-2,14H2,(H,15,16). The number of alkyl halides is 2. The number of rotatable bonds is 3. The number of benzene rings is 1. The number of aliphatic carboxylic acids is 1. The summed E-state index contributed by atoms with van der Waals surface area (Å²) in [5.74, 6) is -0.969. The normalized spacial score (nSPS) is 15.6. The van der Waals surface area contributed by atoms with Crippen LogP contribution in [0.2, 0.25) is 0 Å². The summed E-state index contributed by atoms with van der Waals surface area (Å²) in [4.78, 5) is 10.8. The first kappa shape index (κ1) is 12.6. The summed E-state index contributed by atoms with van der Waals surface area (Å²) < 4.78 is 36.1. The zero-order valence-corrected chi connectivity index (χ0v) is 9.23. The van der Waals surface area contributed by atoms with Gasteiger partial charge in [-0.1, -0.05) is 0 Å². The topological polar surface area (TPSA) is 81.8 Å². The predicted molar refractivity (Wildman–Crippen MR) is 57.0 cm³/mol. The molecule has 1 heterocycles. The number of hydrogen-bond donors (Lipinski definition) is 2. The van der Waals surface area contributed by atoms with E-state index in [0.29, 0.717) is 0 Å². The van der Waals surface area contributed by atoms with Crippen molar-refractivity contribution in [3.05, 3.63) is 23.3 Å². The van der Waals surface area contributed by atoms with E-state index in [1.54, 1.807) is 0 Å². The molecule has 1 unspecified atom stereocenters. The lowest BCUT2D eigenvalue weighted by atomic mass is 10.00. The van der Waals surface area contributed by atoms with Crippen LogP contribution in [0.5, 0.6) is 11.5 Å². The third-order valence-electron chi connectivity index (χ3n) is 2.58. The van der Waals surface area contributed by atoms with Crippen LogP contribution in [-0.4, -0.2) is 24.3 Å². The number of hydrogen-bond acceptors (Lipinski definition) is 4. The fourth-order valence-electron chi connectivity index (χ4n) is 1.71. The van der Waals surface area contributed by atoms with E-state index in [-0.39, 0.29) is 30.3 Å². The Morgan fingerprint density at radius 1 is 1.22 bits per heavy atom. The molecule has 0 saturated carbocycles. The minimum atomic E-state index is -2.83. The molecule has 7 heteroatoms. The third kappa shape index (κ3) is 2.21. The monoisotopic (exact) mass is 259 g/mol. The Morgan fingerprint density at radius 2 is 1.72 bits per heavy atom. The molecular weight excluding hydrogens is 248 g/mol. The second-order valence-corrected chi connectivity index (χ2v) is 3.74. The highest BCUT2D eigenvalue weighted by Crippen LogP contribution is 2.38. The number of carbonyl (C=O) groups is 1. The maximum absolute atomic E-state index is 12.9. The van der Waals surface area contributed by atoms with Crippen molar-refractivity contribution in [1.82, 2.24) is 0 Å². The molecule has 0 bridgehead atoms. The molecule has 0 spiro atoms. The first-order chi connectivity index (χ1) is 8.50. The van der Waals surface area contributed by atoms with Gasteiger partial charge in [0.1, 0.15) is 19.3 Å². The number of fused-ring (bicyclic) bond motifs is 1. The highest BCUT2D eigenvalue weighted by atomic mass is 19.3. The average Bonchev–Trinajstić information content (AvgIpc) is 2.36. The van der Waals surface area contributed by atoms with Crippen molar-refractivity contribution < 1.29 is 28.2 Å². The van der Waals surface area contributed by atoms with Gasteiger partial charge in [-0.15, -0.1) is 0 Å². The smallest absolute Gasteiger partial charge is 0.325 e. The molecule has 1 aliphatic heterocycles. The van der Waals surface area contributed by atoms with Gasteiger partial charge in [0.25, 0.3) is 6.43 Å². The van der Waals surface area contributed by atoms with Crippen LogP contribution < -0.4 is 15.2 Å². The maximum atomic E-state index is 12.9. The van der Waals surface area contributed by atoms with Gasteiger partial charge in [0.2, 0.25) is 0 Å². The SMILES string of the molecule is NC(C(=O)O)c1cc2c(cc1C(F)F)OCCO2. The van der Waals surface area contributed by atoms with Gasteiger partial charge in [-0.25, -0.2) is 8.78 Å². The summed E-state index contributed by atoms with van der Waals surface area (Å²) in [6.07, 6.45) is -2.83. The van der Waals surface area contributed by atoms with Gasteiger partial charge in [0.05, 0.1) is 0 Å². The Labute approximate surface area is 101 Å². The van der Waals surface area contributed by atoms with E-state index in [1.807, 2.05) is 0 Å².